The van der Waals surface area contributed by atoms with Gasteiger partial charge in [-0.15, -0.1) is 0 Å². The number of rotatable bonds is 1. The number of hydrogen-bond acceptors (Lipinski definition) is 1. The first-order valence-corrected chi connectivity index (χ1v) is 6.35. The smallest absolute Gasteiger partial charge is 0.0127 e. The van der Waals surface area contributed by atoms with Gasteiger partial charge >= 0.3 is 0 Å². The SMILES string of the molecule is CC(C)[C@@H]1CC[C@@H](C)[C@@H]2C[C@H](C)CN12. The number of piperidine rings is 1. The Morgan fingerprint density at radius 1 is 1.14 bits per heavy atom. The Bertz CT molecular complexity index is 197. The zero-order chi connectivity index (χ0) is 10.3. The number of fused-ring (bicyclic) bond motifs is 1. The molecule has 2 fully saturated rings. The second kappa shape index (κ2) is 3.84. The van der Waals surface area contributed by atoms with Gasteiger partial charge in [-0.05, 0) is 37.0 Å². The van der Waals surface area contributed by atoms with Gasteiger partial charge in [0.1, 0.15) is 0 Å². The molecule has 0 aromatic heterocycles. The Balaban J connectivity index is 2.11. The molecule has 14 heavy (non-hydrogen) atoms. The van der Waals surface area contributed by atoms with Gasteiger partial charge in [-0.25, -0.2) is 0 Å². The summed E-state index contributed by atoms with van der Waals surface area (Å²) in [5.74, 6) is 2.71. The van der Waals surface area contributed by atoms with Crippen LogP contribution in [0.5, 0.6) is 0 Å². The summed E-state index contributed by atoms with van der Waals surface area (Å²) in [5, 5.41) is 0. The van der Waals surface area contributed by atoms with Gasteiger partial charge in [-0.3, -0.25) is 4.90 Å². The largest absolute Gasteiger partial charge is 0.297 e. The highest BCUT2D eigenvalue weighted by atomic mass is 15.2. The van der Waals surface area contributed by atoms with Crippen molar-refractivity contribution in [1.82, 2.24) is 4.90 Å². The van der Waals surface area contributed by atoms with Crippen molar-refractivity contribution in [2.24, 2.45) is 17.8 Å². The fourth-order valence-corrected chi connectivity index (χ4v) is 3.57. The van der Waals surface area contributed by atoms with E-state index in [2.05, 4.69) is 32.6 Å². The van der Waals surface area contributed by atoms with Crippen molar-refractivity contribution in [2.45, 2.75) is 59.0 Å². The lowest BCUT2D eigenvalue weighted by Gasteiger charge is -2.43. The summed E-state index contributed by atoms with van der Waals surface area (Å²) in [5.41, 5.74) is 0. The van der Waals surface area contributed by atoms with E-state index in [-0.39, 0.29) is 0 Å². The second-order valence-electron chi connectivity index (χ2n) is 5.97. The van der Waals surface area contributed by atoms with Crippen molar-refractivity contribution in [3.05, 3.63) is 0 Å². The van der Waals surface area contributed by atoms with Crippen molar-refractivity contribution in [2.75, 3.05) is 6.54 Å². The van der Waals surface area contributed by atoms with Crippen LogP contribution < -0.4 is 0 Å². The molecule has 0 saturated carbocycles. The Kier molecular flexibility index (Phi) is 2.88. The molecule has 0 aromatic carbocycles. The first-order chi connectivity index (χ1) is 6.59. The maximum atomic E-state index is 2.82. The molecule has 0 radical (unpaired) electrons. The number of hydrogen-bond donors (Lipinski definition) is 0. The summed E-state index contributed by atoms with van der Waals surface area (Å²) >= 11 is 0. The summed E-state index contributed by atoms with van der Waals surface area (Å²) in [6.07, 6.45) is 4.34. The molecule has 2 aliphatic rings. The average molecular weight is 195 g/mol. The van der Waals surface area contributed by atoms with E-state index in [9.17, 15) is 0 Å². The standard InChI is InChI=1S/C13H25N/c1-9(2)12-6-5-11(4)13-7-10(3)8-14(12)13/h9-13H,5-8H2,1-4H3/t10-,11+,12-,13-/m0/s1. The van der Waals surface area contributed by atoms with Crippen molar-refractivity contribution in [3.63, 3.8) is 0 Å². The van der Waals surface area contributed by atoms with E-state index in [0.717, 1.165) is 29.8 Å². The van der Waals surface area contributed by atoms with E-state index in [1.54, 1.807) is 0 Å². The van der Waals surface area contributed by atoms with Crippen LogP contribution in [-0.2, 0) is 0 Å². The van der Waals surface area contributed by atoms with Gasteiger partial charge < -0.3 is 0 Å². The lowest BCUT2D eigenvalue weighted by atomic mass is 9.83. The minimum atomic E-state index is 0.843. The van der Waals surface area contributed by atoms with Gasteiger partial charge in [0, 0.05) is 18.6 Å². The summed E-state index contributed by atoms with van der Waals surface area (Å²) < 4.78 is 0. The highest BCUT2D eigenvalue weighted by Gasteiger charge is 2.41. The summed E-state index contributed by atoms with van der Waals surface area (Å²) in [6, 6.07) is 1.78. The Morgan fingerprint density at radius 2 is 1.86 bits per heavy atom. The first kappa shape index (κ1) is 10.5. The molecule has 2 aliphatic heterocycles. The zero-order valence-electron chi connectivity index (χ0n) is 10.2. The minimum Gasteiger partial charge on any atom is -0.297 e. The third-order valence-corrected chi connectivity index (χ3v) is 4.36. The Morgan fingerprint density at radius 3 is 2.50 bits per heavy atom. The molecule has 0 aromatic rings. The van der Waals surface area contributed by atoms with Crippen LogP contribution in [-0.4, -0.2) is 23.5 Å². The van der Waals surface area contributed by atoms with Gasteiger partial charge in [-0.1, -0.05) is 27.7 Å². The van der Waals surface area contributed by atoms with E-state index < -0.39 is 0 Å². The van der Waals surface area contributed by atoms with E-state index in [0.29, 0.717) is 0 Å². The van der Waals surface area contributed by atoms with Crippen LogP contribution in [0.3, 0.4) is 0 Å². The van der Waals surface area contributed by atoms with E-state index in [4.69, 9.17) is 0 Å². The lowest BCUT2D eigenvalue weighted by Crippen LogP contribution is -2.48. The molecule has 0 amide bonds. The normalized spacial score (nSPS) is 44.4. The molecule has 2 rings (SSSR count). The second-order valence-corrected chi connectivity index (χ2v) is 5.97. The summed E-state index contributed by atoms with van der Waals surface area (Å²) in [7, 11) is 0. The monoisotopic (exact) mass is 195 g/mol. The molecule has 0 N–H and O–H groups in total. The van der Waals surface area contributed by atoms with Crippen molar-refractivity contribution in [1.29, 1.82) is 0 Å². The molecule has 82 valence electrons. The highest BCUT2D eigenvalue weighted by molar-refractivity contribution is 4.95. The fraction of sp³-hybridized carbons (Fsp3) is 1.00. The fourth-order valence-electron chi connectivity index (χ4n) is 3.57. The van der Waals surface area contributed by atoms with Crippen LogP contribution in [0.15, 0.2) is 0 Å². The molecule has 0 aliphatic carbocycles. The van der Waals surface area contributed by atoms with Crippen LogP contribution in [0.25, 0.3) is 0 Å². The van der Waals surface area contributed by atoms with Gasteiger partial charge in [0.25, 0.3) is 0 Å². The first-order valence-electron chi connectivity index (χ1n) is 6.35. The molecule has 0 unspecified atom stereocenters. The van der Waals surface area contributed by atoms with Crippen LogP contribution in [0, 0.1) is 17.8 Å². The lowest BCUT2D eigenvalue weighted by molar-refractivity contribution is 0.0551. The van der Waals surface area contributed by atoms with E-state index >= 15 is 0 Å². The molecule has 0 spiro atoms. The molecular weight excluding hydrogens is 170 g/mol. The molecule has 2 saturated heterocycles. The average Bonchev–Trinajstić information content (AvgIpc) is 2.47. The van der Waals surface area contributed by atoms with Gasteiger partial charge in [0.15, 0.2) is 0 Å². The maximum Gasteiger partial charge on any atom is 0.0127 e. The minimum absolute atomic E-state index is 0.843. The quantitative estimate of drug-likeness (QED) is 0.621. The maximum absolute atomic E-state index is 2.82. The van der Waals surface area contributed by atoms with E-state index in [1.807, 2.05) is 0 Å². The number of nitrogens with zero attached hydrogens (tertiary/aromatic N) is 1. The van der Waals surface area contributed by atoms with Crippen LogP contribution in [0.2, 0.25) is 0 Å². The zero-order valence-corrected chi connectivity index (χ0v) is 10.2. The van der Waals surface area contributed by atoms with Crippen molar-refractivity contribution in [3.8, 4) is 0 Å². The molecule has 1 heteroatoms. The summed E-state index contributed by atoms with van der Waals surface area (Å²) in [4.78, 5) is 2.82. The van der Waals surface area contributed by atoms with Gasteiger partial charge in [0.05, 0.1) is 0 Å². The molecule has 4 atom stereocenters. The molecule has 2 heterocycles. The van der Waals surface area contributed by atoms with E-state index in [1.165, 1.54) is 25.8 Å². The third-order valence-electron chi connectivity index (χ3n) is 4.36. The van der Waals surface area contributed by atoms with Crippen molar-refractivity contribution < 1.29 is 0 Å². The predicted octanol–water partition coefficient (Wildman–Crippen LogP) is 3.15. The predicted molar refractivity (Wildman–Crippen MR) is 61.3 cm³/mol. The Hall–Kier alpha value is -0.0400. The summed E-state index contributed by atoms with van der Waals surface area (Å²) in [6.45, 7) is 11.0. The highest BCUT2D eigenvalue weighted by Crippen LogP contribution is 2.39. The van der Waals surface area contributed by atoms with Crippen molar-refractivity contribution >= 4 is 0 Å². The third kappa shape index (κ3) is 1.71. The van der Waals surface area contributed by atoms with Crippen LogP contribution in [0.1, 0.15) is 47.0 Å². The van der Waals surface area contributed by atoms with Crippen LogP contribution in [0.4, 0.5) is 0 Å². The van der Waals surface area contributed by atoms with Crippen LogP contribution >= 0.6 is 0 Å². The van der Waals surface area contributed by atoms with Gasteiger partial charge in [-0.2, -0.15) is 0 Å². The van der Waals surface area contributed by atoms with Gasteiger partial charge in [0.2, 0.25) is 0 Å². The molecule has 0 bridgehead atoms. The molecule has 1 nitrogen and oxygen atoms in total. The Labute approximate surface area is 88.9 Å². The molecular formula is C13H25N. The topological polar surface area (TPSA) is 3.24 Å².